The predicted molar refractivity (Wildman–Crippen MR) is 99.5 cm³/mol. The normalized spacial score (nSPS) is 17.0. The number of piperidine rings is 1. The Balaban J connectivity index is 1.45. The molecule has 1 aliphatic heterocycles. The highest BCUT2D eigenvalue weighted by molar-refractivity contribution is 5.94. The molecule has 1 fully saturated rings. The lowest BCUT2D eigenvalue weighted by Crippen LogP contribution is -2.45. The lowest BCUT2D eigenvalue weighted by atomic mass is 9.84. The Morgan fingerprint density at radius 3 is 2.54 bits per heavy atom. The fraction of sp³-hybridized carbons (Fsp3) is 0.381. The number of hydrogen-bond acceptors (Lipinski definition) is 3. The quantitative estimate of drug-likeness (QED) is 0.866. The van der Waals surface area contributed by atoms with Crippen molar-refractivity contribution in [3.05, 3.63) is 71.0 Å². The second-order valence-electron chi connectivity index (χ2n) is 7.01. The molecule has 3 rings (SSSR count). The minimum atomic E-state index is -0.769. The third-order valence-corrected chi connectivity index (χ3v) is 5.07. The highest BCUT2D eigenvalue weighted by atomic mass is 19.1. The Labute approximate surface area is 153 Å². The van der Waals surface area contributed by atoms with Gasteiger partial charge in [0.05, 0.1) is 5.60 Å². The topological polar surface area (TPSA) is 52.6 Å². The number of nitrogens with zero attached hydrogens (tertiary/aromatic N) is 1. The second kappa shape index (κ2) is 7.98. The Morgan fingerprint density at radius 1 is 1.19 bits per heavy atom. The number of nitrogens with one attached hydrogen (secondary N) is 1. The van der Waals surface area contributed by atoms with E-state index in [2.05, 4.69) is 10.2 Å². The molecule has 4 nitrogen and oxygen atoms in total. The molecule has 1 amide bonds. The van der Waals surface area contributed by atoms with Crippen LogP contribution in [0.5, 0.6) is 0 Å². The van der Waals surface area contributed by atoms with Crippen LogP contribution < -0.4 is 5.32 Å². The Hall–Kier alpha value is -2.24. The van der Waals surface area contributed by atoms with Gasteiger partial charge in [-0.3, -0.25) is 4.79 Å². The molecule has 26 heavy (non-hydrogen) atoms. The number of amides is 1. The van der Waals surface area contributed by atoms with Crippen LogP contribution in [0.1, 0.15) is 34.3 Å². The van der Waals surface area contributed by atoms with Crippen LogP contribution >= 0.6 is 0 Å². The second-order valence-corrected chi connectivity index (χ2v) is 7.01. The molecule has 0 aromatic heterocycles. The molecule has 1 aliphatic rings. The predicted octanol–water partition coefficient (Wildman–Crippen LogP) is 2.85. The summed E-state index contributed by atoms with van der Waals surface area (Å²) in [6, 6.07) is 13.7. The average Bonchev–Trinajstić information content (AvgIpc) is 2.64. The van der Waals surface area contributed by atoms with Crippen LogP contribution in [0.2, 0.25) is 0 Å². The minimum absolute atomic E-state index is 0.266. The van der Waals surface area contributed by atoms with Gasteiger partial charge in [-0.2, -0.15) is 0 Å². The molecule has 0 aliphatic carbocycles. The molecule has 1 heterocycles. The summed E-state index contributed by atoms with van der Waals surface area (Å²) in [6.45, 7) is 4.80. The van der Waals surface area contributed by atoms with Gasteiger partial charge in [-0.05, 0) is 43.5 Å². The molecule has 2 aromatic carbocycles. The van der Waals surface area contributed by atoms with Gasteiger partial charge in [0, 0.05) is 31.7 Å². The van der Waals surface area contributed by atoms with Gasteiger partial charge in [-0.15, -0.1) is 0 Å². The van der Waals surface area contributed by atoms with E-state index in [0.29, 0.717) is 31.5 Å². The summed E-state index contributed by atoms with van der Waals surface area (Å²) >= 11 is 0. The van der Waals surface area contributed by atoms with Gasteiger partial charge in [0.15, 0.2) is 0 Å². The standard InChI is InChI=1S/C21H25FN2O2/c1-16-5-7-18(8-6-16)21(26)9-12-24(13-10-21)14-11-23-20(25)17-3-2-4-19(22)15-17/h2-8,15,26H,9-14H2,1H3,(H,23,25). The summed E-state index contributed by atoms with van der Waals surface area (Å²) in [5.74, 6) is -0.679. The van der Waals surface area contributed by atoms with Crippen LogP contribution in [0.3, 0.4) is 0 Å². The maximum Gasteiger partial charge on any atom is 0.251 e. The van der Waals surface area contributed by atoms with E-state index >= 15 is 0 Å². The van der Waals surface area contributed by atoms with Gasteiger partial charge in [0.2, 0.25) is 0 Å². The molecule has 0 atom stereocenters. The van der Waals surface area contributed by atoms with Gasteiger partial charge in [-0.1, -0.05) is 35.9 Å². The zero-order valence-electron chi connectivity index (χ0n) is 15.0. The molecule has 0 radical (unpaired) electrons. The number of carbonyl (C=O) groups excluding carboxylic acids is 1. The van der Waals surface area contributed by atoms with Crippen molar-refractivity contribution in [3.8, 4) is 0 Å². The van der Waals surface area contributed by atoms with E-state index in [4.69, 9.17) is 0 Å². The summed E-state index contributed by atoms with van der Waals surface area (Å²) in [7, 11) is 0. The Kier molecular flexibility index (Phi) is 5.69. The lowest BCUT2D eigenvalue weighted by molar-refractivity contribution is -0.0255. The first-order valence-electron chi connectivity index (χ1n) is 9.02. The van der Waals surface area contributed by atoms with Gasteiger partial charge < -0.3 is 15.3 Å². The van der Waals surface area contributed by atoms with E-state index in [0.717, 1.165) is 18.7 Å². The van der Waals surface area contributed by atoms with Crippen LogP contribution in [-0.2, 0) is 5.60 Å². The summed E-state index contributed by atoms with van der Waals surface area (Å²) in [6.07, 6.45) is 1.35. The van der Waals surface area contributed by atoms with Crippen LogP contribution in [0.15, 0.2) is 48.5 Å². The van der Waals surface area contributed by atoms with E-state index < -0.39 is 11.4 Å². The smallest absolute Gasteiger partial charge is 0.251 e. The largest absolute Gasteiger partial charge is 0.385 e. The van der Waals surface area contributed by atoms with Crippen molar-refractivity contribution in [1.29, 1.82) is 0 Å². The van der Waals surface area contributed by atoms with Crippen molar-refractivity contribution in [2.75, 3.05) is 26.2 Å². The highest BCUT2D eigenvalue weighted by Crippen LogP contribution is 2.32. The molecular formula is C21H25FN2O2. The van der Waals surface area contributed by atoms with Crippen molar-refractivity contribution in [2.45, 2.75) is 25.4 Å². The molecule has 5 heteroatoms. The van der Waals surface area contributed by atoms with Gasteiger partial charge in [-0.25, -0.2) is 4.39 Å². The SMILES string of the molecule is Cc1ccc(C2(O)CCN(CCNC(=O)c3cccc(F)c3)CC2)cc1. The first-order chi connectivity index (χ1) is 12.5. The Morgan fingerprint density at radius 2 is 1.88 bits per heavy atom. The summed E-state index contributed by atoms with van der Waals surface area (Å²) in [4.78, 5) is 14.2. The van der Waals surface area contributed by atoms with E-state index in [1.54, 1.807) is 6.07 Å². The number of carbonyl (C=O) groups is 1. The number of benzene rings is 2. The summed E-state index contributed by atoms with van der Waals surface area (Å²) < 4.78 is 13.2. The van der Waals surface area contributed by atoms with Crippen LogP contribution in [-0.4, -0.2) is 42.1 Å². The van der Waals surface area contributed by atoms with Crippen molar-refractivity contribution in [3.63, 3.8) is 0 Å². The van der Waals surface area contributed by atoms with Gasteiger partial charge >= 0.3 is 0 Å². The van der Waals surface area contributed by atoms with Crippen molar-refractivity contribution < 1.29 is 14.3 Å². The molecule has 2 aromatic rings. The third kappa shape index (κ3) is 4.48. The molecule has 1 saturated heterocycles. The van der Waals surface area contributed by atoms with E-state index in [1.807, 2.05) is 31.2 Å². The molecule has 138 valence electrons. The van der Waals surface area contributed by atoms with E-state index in [9.17, 15) is 14.3 Å². The molecule has 2 N–H and O–H groups in total. The maximum absolute atomic E-state index is 13.2. The number of halogens is 1. The van der Waals surface area contributed by atoms with Gasteiger partial charge in [0.1, 0.15) is 5.82 Å². The first-order valence-corrected chi connectivity index (χ1v) is 9.02. The van der Waals surface area contributed by atoms with E-state index in [1.165, 1.54) is 23.8 Å². The van der Waals surface area contributed by atoms with Gasteiger partial charge in [0.25, 0.3) is 5.91 Å². The zero-order chi connectivity index (χ0) is 18.6. The van der Waals surface area contributed by atoms with Crippen molar-refractivity contribution >= 4 is 5.91 Å². The number of aryl methyl sites for hydroxylation is 1. The number of hydrogen-bond donors (Lipinski definition) is 2. The summed E-state index contributed by atoms with van der Waals surface area (Å²) in [5, 5.41) is 13.7. The van der Waals surface area contributed by atoms with Crippen molar-refractivity contribution in [2.24, 2.45) is 0 Å². The highest BCUT2D eigenvalue weighted by Gasteiger charge is 2.33. The van der Waals surface area contributed by atoms with Crippen LogP contribution in [0.4, 0.5) is 4.39 Å². The Bertz CT molecular complexity index is 753. The lowest BCUT2D eigenvalue weighted by Gasteiger charge is -2.38. The minimum Gasteiger partial charge on any atom is -0.385 e. The molecule has 0 saturated carbocycles. The number of rotatable bonds is 5. The number of aliphatic hydroxyl groups is 1. The molecule has 0 unspecified atom stereocenters. The van der Waals surface area contributed by atoms with Crippen LogP contribution in [0, 0.1) is 12.7 Å². The maximum atomic E-state index is 13.2. The molecule has 0 bridgehead atoms. The average molecular weight is 356 g/mol. The molecule has 0 spiro atoms. The fourth-order valence-corrected chi connectivity index (χ4v) is 3.36. The molecular weight excluding hydrogens is 331 g/mol. The zero-order valence-corrected chi connectivity index (χ0v) is 15.0. The fourth-order valence-electron chi connectivity index (χ4n) is 3.36. The number of likely N-dealkylation sites (tertiary alicyclic amines) is 1. The third-order valence-electron chi connectivity index (χ3n) is 5.07. The first kappa shape index (κ1) is 18.5. The monoisotopic (exact) mass is 356 g/mol. The van der Waals surface area contributed by atoms with E-state index in [-0.39, 0.29) is 5.91 Å². The summed E-state index contributed by atoms with van der Waals surface area (Å²) in [5.41, 5.74) is 1.72. The van der Waals surface area contributed by atoms with Crippen molar-refractivity contribution in [1.82, 2.24) is 10.2 Å². The van der Waals surface area contributed by atoms with Crippen LogP contribution in [0.25, 0.3) is 0 Å².